The molecule has 0 aliphatic heterocycles. The minimum absolute atomic E-state index is 0.155. The Hall–Kier alpha value is -0.380. The van der Waals surface area contributed by atoms with Gasteiger partial charge in [0.15, 0.2) is 0 Å². The Bertz CT molecular complexity index is 357. The van der Waals surface area contributed by atoms with Gasteiger partial charge in [0.05, 0.1) is 0 Å². The first kappa shape index (κ1) is 14.7. The number of nitrogens with two attached hydrogens (primary N) is 1. The van der Waals surface area contributed by atoms with Crippen LogP contribution in [-0.2, 0) is 6.54 Å². The summed E-state index contributed by atoms with van der Waals surface area (Å²) < 4.78 is 1.16. The Morgan fingerprint density at radius 1 is 1.29 bits per heavy atom. The molecule has 0 saturated carbocycles. The molecule has 96 valence electrons. The summed E-state index contributed by atoms with van der Waals surface area (Å²) in [4.78, 5) is 2.27. The highest BCUT2D eigenvalue weighted by Gasteiger charge is 2.21. The fourth-order valence-electron chi connectivity index (χ4n) is 1.59. The first-order chi connectivity index (χ1) is 7.80. The third-order valence-corrected chi connectivity index (χ3v) is 3.79. The van der Waals surface area contributed by atoms with Crippen LogP contribution in [-0.4, -0.2) is 24.5 Å². The van der Waals surface area contributed by atoms with Crippen molar-refractivity contribution in [3.8, 4) is 0 Å². The lowest BCUT2D eigenvalue weighted by Crippen LogP contribution is -2.43. The molecule has 0 aromatic heterocycles. The van der Waals surface area contributed by atoms with Gasteiger partial charge in [0.1, 0.15) is 0 Å². The van der Waals surface area contributed by atoms with Crippen molar-refractivity contribution in [2.75, 3.05) is 13.6 Å². The predicted molar refractivity (Wildman–Crippen MR) is 77.9 cm³/mol. The number of hydrogen-bond acceptors (Lipinski definition) is 2. The number of nitrogens with zero attached hydrogens (tertiary/aromatic N) is 1. The molecule has 0 radical (unpaired) electrons. The van der Waals surface area contributed by atoms with Crippen molar-refractivity contribution in [2.24, 2.45) is 11.1 Å². The van der Waals surface area contributed by atoms with Crippen molar-refractivity contribution in [3.05, 3.63) is 34.3 Å². The van der Waals surface area contributed by atoms with Gasteiger partial charge in [-0.15, -0.1) is 0 Å². The zero-order valence-corrected chi connectivity index (χ0v) is 12.8. The average molecular weight is 299 g/mol. The van der Waals surface area contributed by atoms with Gasteiger partial charge in [0.25, 0.3) is 0 Å². The number of halogens is 1. The van der Waals surface area contributed by atoms with E-state index in [1.165, 1.54) is 5.56 Å². The summed E-state index contributed by atoms with van der Waals surface area (Å²) in [6.45, 7) is 8.38. The predicted octanol–water partition coefficient (Wildman–Crippen LogP) is 3.25. The van der Waals surface area contributed by atoms with E-state index in [2.05, 4.69) is 66.8 Å². The van der Waals surface area contributed by atoms with Crippen molar-refractivity contribution in [1.29, 1.82) is 0 Å². The normalized spacial score (nSPS) is 14.1. The van der Waals surface area contributed by atoms with Crippen molar-refractivity contribution in [2.45, 2.75) is 33.4 Å². The molecular formula is C14H23BrN2. The van der Waals surface area contributed by atoms with Gasteiger partial charge in [-0.2, -0.15) is 0 Å². The molecule has 1 aromatic rings. The second kappa shape index (κ2) is 5.98. The second-order valence-electron chi connectivity index (χ2n) is 5.76. The molecule has 3 heteroatoms. The molecule has 2 nitrogen and oxygen atoms in total. The maximum Gasteiger partial charge on any atom is 0.0242 e. The van der Waals surface area contributed by atoms with Crippen LogP contribution in [0.1, 0.15) is 26.3 Å². The highest BCUT2D eigenvalue weighted by Crippen LogP contribution is 2.20. The first-order valence-electron chi connectivity index (χ1n) is 5.98. The monoisotopic (exact) mass is 298 g/mol. The van der Waals surface area contributed by atoms with Crippen LogP contribution in [0.25, 0.3) is 0 Å². The fourth-order valence-corrected chi connectivity index (χ4v) is 2.00. The zero-order chi connectivity index (χ0) is 13.1. The van der Waals surface area contributed by atoms with E-state index >= 15 is 0 Å². The molecule has 0 saturated heterocycles. The lowest BCUT2D eigenvalue weighted by molar-refractivity contribution is 0.222. The highest BCUT2D eigenvalue weighted by molar-refractivity contribution is 9.10. The van der Waals surface area contributed by atoms with E-state index in [0.29, 0.717) is 0 Å². The quantitative estimate of drug-likeness (QED) is 0.924. The van der Waals surface area contributed by atoms with Crippen LogP contribution in [0.3, 0.4) is 0 Å². The van der Waals surface area contributed by atoms with E-state index in [1.807, 2.05) is 6.07 Å². The standard InChI is InChI=1S/C14H23BrN2/c1-14(2,3)13(16)10-17(4)9-11-7-5-6-8-12(11)15/h5-8,13H,9-10,16H2,1-4H3. The Kier molecular flexibility index (Phi) is 5.17. The Labute approximate surface area is 113 Å². The maximum atomic E-state index is 6.19. The first-order valence-corrected chi connectivity index (χ1v) is 6.77. The average Bonchev–Trinajstić information content (AvgIpc) is 2.20. The van der Waals surface area contributed by atoms with Crippen LogP contribution < -0.4 is 5.73 Å². The van der Waals surface area contributed by atoms with Crippen molar-refractivity contribution >= 4 is 15.9 Å². The molecule has 1 unspecified atom stereocenters. The molecule has 0 heterocycles. The van der Waals surface area contributed by atoms with Crippen molar-refractivity contribution in [1.82, 2.24) is 4.90 Å². The van der Waals surface area contributed by atoms with Gasteiger partial charge < -0.3 is 10.6 Å². The molecule has 0 aliphatic rings. The molecule has 2 N–H and O–H groups in total. The summed E-state index contributed by atoms with van der Waals surface area (Å²) in [6.07, 6.45) is 0. The minimum atomic E-state index is 0.155. The lowest BCUT2D eigenvalue weighted by Gasteiger charge is -2.31. The Balaban J connectivity index is 2.56. The van der Waals surface area contributed by atoms with Gasteiger partial charge in [0.2, 0.25) is 0 Å². The maximum absolute atomic E-state index is 6.19. The van der Waals surface area contributed by atoms with Crippen LogP contribution in [0, 0.1) is 5.41 Å². The zero-order valence-electron chi connectivity index (χ0n) is 11.2. The van der Waals surface area contributed by atoms with E-state index in [9.17, 15) is 0 Å². The van der Waals surface area contributed by atoms with E-state index in [4.69, 9.17) is 5.73 Å². The van der Waals surface area contributed by atoms with Gasteiger partial charge in [0, 0.05) is 23.6 Å². The number of rotatable bonds is 4. The van der Waals surface area contributed by atoms with Gasteiger partial charge in [-0.1, -0.05) is 54.9 Å². The number of benzene rings is 1. The van der Waals surface area contributed by atoms with Gasteiger partial charge in [-0.25, -0.2) is 0 Å². The molecule has 0 spiro atoms. The molecule has 17 heavy (non-hydrogen) atoms. The van der Waals surface area contributed by atoms with E-state index in [0.717, 1.165) is 17.6 Å². The Morgan fingerprint density at radius 2 is 1.88 bits per heavy atom. The highest BCUT2D eigenvalue weighted by atomic mass is 79.9. The number of likely N-dealkylation sites (N-methyl/N-ethyl adjacent to an activating group) is 1. The van der Waals surface area contributed by atoms with Crippen molar-refractivity contribution in [3.63, 3.8) is 0 Å². The molecule has 1 atom stereocenters. The molecule has 1 rings (SSSR count). The summed E-state index contributed by atoms with van der Waals surface area (Å²) in [6, 6.07) is 8.51. The van der Waals surface area contributed by atoms with Crippen LogP contribution >= 0.6 is 15.9 Å². The van der Waals surface area contributed by atoms with Gasteiger partial charge >= 0.3 is 0 Å². The van der Waals surface area contributed by atoms with Crippen LogP contribution in [0.2, 0.25) is 0 Å². The van der Waals surface area contributed by atoms with E-state index in [-0.39, 0.29) is 11.5 Å². The van der Waals surface area contributed by atoms with E-state index < -0.39 is 0 Å². The van der Waals surface area contributed by atoms with Crippen LogP contribution in [0.5, 0.6) is 0 Å². The third-order valence-electron chi connectivity index (χ3n) is 3.02. The third kappa shape index (κ3) is 4.78. The van der Waals surface area contributed by atoms with Gasteiger partial charge in [-0.05, 0) is 24.1 Å². The summed E-state index contributed by atoms with van der Waals surface area (Å²) in [7, 11) is 2.12. The van der Waals surface area contributed by atoms with E-state index in [1.54, 1.807) is 0 Å². The van der Waals surface area contributed by atoms with Crippen LogP contribution in [0.15, 0.2) is 28.7 Å². The smallest absolute Gasteiger partial charge is 0.0242 e. The van der Waals surface area contributed by atoms with Crippen molar-refractivity contribution < 1.29 is 0 Å². The number of hydrogen-bond donors (Lipinski definition) is 1. The molecule has 0 aliphatic carbocycles. The second-order valence-corrected chi connectivity index (χ2v) is 6.62. The topological polar surface area (TPSA) is 29.3 Å². The molecule has 1 aromatic carbocycles. The SMILES string of the molecule is CN(Cc1ccccc1Br)CC(N)C(C)(C)C. The van der Waals surface area contributed by atoms with Gasteiger partial charge in [-0.3, -0.25) is 0 Å². The minimum Gasteiger partial charge on any atom is -0.326 e. The molecule has 0 bridgehead atoms. The summed E-state index contributed by atoms with van der Waals surface area (Å²) in [5.41, 5.74) is 7.65. The largest absolute Gasteiger partial charge is 0.326 e. The lowest BCUT2D eigenvalue weighted by atomic mass is 9.87. The summed E-state index contributed by atoms with van der Waals surface area (Å²) in [5, 5.41) is 0. The Morgan fingerprint density at radius 3 is 2.41 bits per heavy atom. The molecular weight excluding hydrogens is 276 g/mol. The van der Waals surface area contributed by atoms with Crippen LogP contribution in [0.4, 0.5) is 0 Å². The summed E-state index contributed by atoms with van der Waals surface area (Å²) in [5.74, 6) is 0. The summed E-state index contributed by atoms with van der Waals surface area (Å²) >= 11 is 3.57. The fraction of sp³-hybridized carbons (Fsp3) is 0.571. The molecule has 0 amide bonds. The molecule has 0 fully saturated rings.